The molecule has 114 valence electrons. The molecule has 0 spiro atoms. The van der Waals surface area contributed by atoms with Gasteiger partial charge in [0.05, 0.1) is 6.42 Å². The maximum absolute atomic E-state index is 12.3. The molecule has 2 aromatic rings. The molecule has 0 fully saturated rings. The van der Waals surface area contributed by atoms with Crippen LogP contribution < -0.4 is 10.6 Å². The van der Waals surface area contributed by atoms with Gasteiger partial charge in [0.2, 0.25) is 5.91 Å². The van der Waals surface area contributed by atoms with Gasteiger partial charge in [-0.1, -0.05) is 29.8 Å². The number of likely N-dealkylation sites (N-methyl/N-ethyl adjacent to an activating group) is 1. The highest BCUT2D eigenvalue weighted by atomic mass is 16.2. The Morgan fingerprint density at radius 2 is 1.68 bits per heavy atom. The van der Waals surface area contributed by atoms with Crippen molar-refractivity contribution in [1.82, 2.24) is 5.32 Å². The van der Waals surface area contributed by atoms with Gasteiger partial charge in [-0.05, 0) is 43.2 Å². The maximum Gasteiger partial charge on any atom is 0.255 e. The van der Waals surface area contributed by atoms with Crippen molar-refractivity contribution in [1.29, 1.82) is 0 Å². The van der Waals surface area contributed by atoms with Gasteiger partial charge in [0.1, 0.15) is 0 Å². The van der Waals surface area contributed by atoms with Crippen LogP contribution >= 0.6 is 0 Å². The van der Waals surface area contributed by atoms with Crippen LogP contribution in [0.3, 0.4) is 0 Å². The average molecular weight is 296 g/mol. The van der Waals surface area contributed by atoms with E-state index >= 15 is 0 Å². The topological polar surface area (TPSA) is 58.2 Å². The maximum atomic E-state index is 12.3. The number of nitrogens with one attached hydrogen (secondary N) is 2. The lowest BCUT2D eigenvalue weighted by molar-refractivity contribution is -0.119. The first-order valence-corrected chi connectivity index (χ1v) is 7.17. The molecule has 0 bridgehead atoms. The van der Waals surface area contributed by atoms with Gasteiger partial charge < -0.3 is 10.6 Å². The summed E-state index contributed by atoms with van der Waals surface area (Å²) in [5.41, 5.74) is 4.37. The van der Waals surface area contributed by atoms with Crippen molar-refractivity contribution in [3.63, 3.8) is 0 Å². The summed E-state index contributed by atoms with van der Waals surface area (Å²) in [5, 5.41) is 5.46. The molecule has 0 atom stereocenters. The van der Waals surface area contributed by atoms with Crippen molar-refractivity contribution in [2.24, 2.45) is 0 Å². The highest BCUT2D eigenvalue weighted by Crippen LogP contribution is 2.15. The minimum Gasteiger partial charge on any atom is -0.359 e. The lowest BCUT2D eigenvalue weighted by Gasteiger charge is -2.09. The summed E-state index contributed by atoms with van der Waals surface area (Å²) >= 11 is 0. The van der Waals surface area contributed by atoms with Gasteiger partial charge in [-0.2, -0.15) is 0 Å². The Hall–Kier alpha value is -2.62. The second kappa shape index (κ2) is 6.89. The van der Waals surface area contributed by atoms with Crippen molar-refractivity contribution in [2.75, 3.05) is 12.4 Å². The largest absolute Gasteiger partial charge is 0.359 e. The van der Waals surface area contributed by atoms with Crippen molar-refractivity contribution >= 4 is 17.5 Å². The first-order chi connectivity index (χ1) is 10.5. The lowest BCUT2D eigenvalue weighted by atomic mass is 10.0. The number of aryl methyl sites for hydroxylation is 2. The van der Waals surface area contributed by atoms with Crippen molar-refractivity contribution in [3.05, 3.63) is 64.7 Å². The Bertz CT molecular complexity index is 691. The van der Waals surface area contributed by atoms with Crippen LogP contribution in [0.15, 0.2) is 42.5 Å². The second-order valence-electron chi connectivity index (χ2n) is 5.32. The van der Waals surface area contributed by atoms with Crippen LogP contribution in [-0.4, -0.2) is 18.9 Å². The van der Waals surface area contributed by atoms with Crippen LogP contribution in [0.1, 0.15) is 27.0 Å². The van der Waals surface area contributed by atoms with Gasteiger partial charge in [-0.15, -0.1) is 0 Å². The minimum atomic E-state index is -0.128. The van der Waals surface area contributed by atoms with Crippen LogP contribution in [0.2, 0.25) is 0 Å². The summed E-state index contributed by atoms with van der Waals surface area (Å²) < 4.78 is 0. The molecule has 0 heterocycles. The quantitative estimate of drug-likeness (QED) is 0.911. The summed E-state index contributed by atoms with van der Waals surface area (Å²) in [6.07, 6.45) is 0.335. The molecule has 0 unspecified atom stereocenters. The van der Waals surface area contributed by atoms with Crippen LogP contribution in [0.25, 0.3) is 0 Å². The molecule has 0 saturated heterocycles. The van der Waals surface area contributed by atoms with Crippen LogP contribution in [0.4, 0.5) is 5.69 Å². The fourth-order valence-corrected chi connectivity index (χ4v) is 2.25. The van der Waals surface area contributed by atoms with Crippen LogP contribution in [0, 0.1) is 13.8 Å². The van der Waals surface area contributed by atoms with Gasteiger partial charge >= 0.3 is 0 Å². The molecule has 0 aromatic heterocycles. The highest BCUT2D eigenvalue weighted by molar-refractivity contribution is 6.05. The predicted molar refractivity (Wildman–Crippen MR) is 88.1 cm³/mol. The molecule has 22 heavy (non-hydrogen) atoms. The number of benzene rings is 2. The molecular weight excluding hydrogens is 276 g/mol. The Kier molecular flexibility index (Phi) is 4.94. The van der Waals surface area contributed by atoms with E-state index in [2.05, 4.69) is 10.6 Å². The molecule has 0 radical (unpaired) electrons. The summed E-state index contributed by atoms with van der Waals surface area (Å²) in [6.45, 7) is 3.92. The van der Waals surface area contributed by atoms with E-state index < -0.39 is 0 Å². The second-order valence-corrected chi connectivity index (χ2v) is 5.32. The number of amides is 2. The van der Waals surface area contributed by atoms with Gasteiger partial charge in [0, 0.05) is 18.3 Å². The molecule has 4 heteroatoms. The third-order valence-electron chi connectivity index (χ3n) is 3.48. The summed E-state index contributed by atoms with van der Waals surface area (Å²) in [5.74, 6) is -0.163. The molecular formula is C18H20N2O2. The van der Waals surface area contributed by atoms with Crippen molar-refractivity contribution in [3.8, 4) is 0 Å². The van der Waals surface area contributed by atoms with Crippen molar-refractivity contribution < 1.29 is 9.59 Å². The lowest BCUT2D eigenvalue weighted by Crippen LogP contribution is -2.19. The fraction of sp³-hybridized carbons (Fsp3) is 0.222. The SMILES string of the molecule is CNC(=O)Cc1ccc(NC(=O)c2ccc(C)cc2C)cc1. The first kappa shape index (κ1) is 15.8. The fourth-order valence-electron chi connectivity index (χ4n) is 2.25. The van der Waals surface area contributed by atoms with E-state index in [4.69, 9.17) is 0 Å². The van der Waals surface area contributed by atoms with Crippen molar-refractivity contribution in [2.45, 2.75) is 20.3 Å². The Morgan fingerprint density at radius 3 is 2.27 bits per heavy atom. The van der Waals surface area contributed by atoms with Gasteiger partial charge in [-0.3, -0.25) is 9.59 Å². The van der Waals surface area contributed by atoms with E-state index in [1.807, 2.05) is 44.2 Å². The molecule has 2 rings (SSSR count). The van der Waals surface area contributed by atoms with E-state index in [0.29, 0.717) is 17.7 Å². The van der Waals surface area contributed by atoms with Gasteiger partial charge in [0.25, 0.3) is 5.91 Å². The van der Waals surface area contributed by atoms with Crippen LogP contribution in [-0.2, 0) is 11.2 Å². The monoisotopic (exact) mass is 296 g/mol. The molecule has 0 aliphatic heterocycles. The molecule has 2 amide bonds. The number of anilines is 1. The third-order valence-corrected chi connectivity index (χ3v) is 3.48. The van der Waals surface area contributed by atoms with E-state index in [1.54, 1.807) is 19.2 Å². The first-order valence-electron chi connectivity index (χ1n) is 7.17. The zero-order chi connectivity index (χ0) is 16.1. The summed E-state index contributed by atoms with van der Waals surface area (Å²) in [4.78, 5) is 23.6. The highest BCUT2D eigenvalue weighted by Gasteiger charge is 2.09. The summed E-state index contributed by atoms with van der Waals surface area (Å²) in [7, 11) is 1.61. The molecule has 0 aliphatic rings. The Morgan fingerprint density at radius 1 is 1.00 bits per heavy atom. The minimum absolute atomic E-state index is 0.0351. The van der Waals surface area contributed by atoms with Gasteiger partial charge in [0.15, 0.2) is 0 Å². The number of carbonyl (C=O) groups is 2. The van der Waals surface area contributed by atoms with Gasteiger partial charge in [-0.25, -0.2) is 0 Å². The zero-order valence-corrected chi connectivity index (χ0v) is 13.1. The third kappa shape index (κ3) is 3.95. The number of rotatable bonds is 4. The summed E-state index contributed by atoms with van der Waals surface area (Å²) in [6, 6.07) is 13.0. The number of hydrogen-bond acceptors (Lipinski definition) is 2. The number of hydrogen-bond donors (Lipinski definition) is 2. The van der Waals surface area contributed by atoms with E-state index in [1.165, 1.54) is 0 Å². The van der Waals surface area contributed by atoms with E-state index in [0.717, 1.165) is 16.7 Å². The molecule has 2 aromatic carbocycles. The van der Waals surface area contributed by atoms with Crippen LogP contribution in [0.5, 0.6) is 0 Å². The molecule has 0 saturated carbocycles. The van der Waals surface area contributed by atoms with E-state index in [-0.39, 0.29) is 11.8 Å². The standard InChI is InChI=1S/C18H20N2O2/c1-12-4-9-16(13(2)10-12)18(22)20-15-7-5-14(6-8-15)11-17(21)19-3/h4-10H,11H2,1-3H3,(H,19,21)(H,20,22). The average Bonchev–Trinajstić information content (AvgIpc) is 2.49. The Balaban J connectivity index is 2.07. The predicted octanol–water partition coefficient (Wildman–Crippen LogP) is 2.84. The number of carbonyl (C=O) groups excluding carboxylic acids is 2. The smallest absolute Gasteiger partial charge is 0.255 e. The molecule has 0 aliphatic carbocycles. The molecule has 4 nitrogen and oxygen atoms in total. The van der Waals surface area contributed by atoms with E-state index in [9.17, 15) is 9.59 Å². The molecule has 2 N–H and O–H groups in total. The normalized spacial score (nSPS) is 10.1. The zero-order valence-electron chi connectivity index (χ0n) is 13.1. The Labute approximate surface area is 130 Å².